The second-order valence-electron chi connectivity index (χ2n) is 6.85. The number of hydrogen-bond donors (Lipinski definition) is 2. The molecule has 1 aromatic rings. The van der Waals surface area contributed by atoms with Crippen LogP contribution in [0.5, 0.6) is 0 Å². The van der Waals surface area contributed by atoms with Gasteiger partial charge in [0, 0.05) is 19.1 Å². The molecule has 3 rings (SSSR count). The Morgan fingerprint density at radius 3 is 2.72 bits per heavy atom. The summed E-state index contributed by atoms with van der Waals surface area (Å²) in [5.41, 5.74) is 0.614. The molecule has 0 saturated carbocycles. The highest BCUT2D eigenvalue weighted by Crippen LogP contribution is 2.28. The third-order valence-electron chi connectivity index (χ3n) is 4.82. The fourth-order valence-electron chi connectivity index (χ4n) is 3.13. The van der Waals surface area contributed by atoms with E-state index in [0.29, 0.717) is 31.2 Å². The van der Waals surface area contributed by atoms with Crippen LogP contribution < -0.4 is 10.6 Å². The Morgan fingerprint density at radius 2 is 2.08 bits per heavy atom. The maximum Gasteiger partial charge on any atom is 0.325 e. The zero-order valence-corrected chi connectivity index (χ0v) is 14.5. The van der Waals surface area contributed by atoms with Crippen molar-refractivity contribution in [3.05, 3.63) is 35.4 Å². The highest BCUT2D eigenvalue weighted by atomic mass is 16.5. The standard InChI is InChI=1S/C18H23N3O4/c1-12-3-5-14(6-4-12)18(2)16(23)21(17(24)20-18)10-15(22)19-9-13-7-8-25-11-13/h3-6,13H,7-11H2,1-2H3,(H,19,22)(H,20,24)/t13-,18+/m0/s1. The average Bonchev–Trinajstić information content (AvgIpc) is 3.17. The second kappa shape index (κ2) is 6.84. The van der Waals surface area contributed by atoms with Crippen LogP contribution in [0.1, 0.15) is 24.5 Å². The topological polar surface area (TPSA) is 87.7 Å². The van der Waals surface area contributed by atoms with Crippen LogP contribution in [0.4, 0.5) is 4.79 Å². The number of benzene rings is 1. The van der Waals surface area contributed by atoms with Crippen molar-refractivity contribution in [3.63, 3.8) is 0 Å². The fourth-order valence-corrected chi connectivity index (χ4v) is 3.13. The Bertz CT molecular complexity index is 682. The van der Waals surface area contributed by atoms with Crippen LogP contribution >= 0.6 is 0 Å². The van der Waals surface area contributed by atoms with Gasteiger partial charge < -0.3 is 15.4 Å². The maximum atomic E-state index is 12.8. The lowest BCUT2D eigenvalue weighted by Gasteiger charge is -2.22. The lowest BCUT2D eigenvalue weighted by molar-refractivity contribution is -0.134. The van der Waals surface area contributed by atoms with Crippen molar-refractivity contribution in [3.8, 4) is 0 Å². The molecule has 2 fully saturated rings. The van der Waals surface area contributed by atoms with Crippen molar-refractivity contribution in [2.75, 3.05) is 26.3 Å². The summed E-state index contributed by atoms with van der Waals surface area (Å²) in [6.07, 6.45) is 0.912. The second-order valence-corrected chi connectivity index (χ2v) is 6.85. The molecule has 0 aromatic heterocycles. The van der Waals surface area contributed by atoms with Gasteiger partial charge in [0.15, 0.2) is 0 Å². The highest BCUT2D eigenvalue weighted by molar-refractivity contribution is 6.09. The van der Waals surface area contributed by atoms with Crippen molar-refractivity contribution >= 4 is 17.8 Å². The molecule has 134 valence electrons. The SMILES string of the molecule is Cc1ccc([C@@]2(C)NC(=O)N(CC(=O)NC[C@@H]3CCOC3)C2=O)cc1. The quantitative estimate of drug-likeness (QED) is 0.777. The first kappa shape index (κ1) is 17.4. The van der Waals surface area contributed by atoms with Crippen LogP contribution in [0.15, 0.2) is 24.3 Å². The molecule has 0 aliphatic carbocycles. The molecule has 7 nitrogen and oxygen atoms in total. The third kappa shape index (κ3) is 3.51. The molecule has 0 radical (unpaired) electrons. The van der Waals surface area contributed by atoms with E-state index in [9.17, 15) is 14.4 Å². The van der Waals surface area contributed by atoms with Crippen molar-refractivity contribution in [1.29, 1.82) is 0 Å². The molecule has 0 spiro atoms. The average molecular weight is 345 g/mol. The molecule has 1 aromatic carbocycles. The number of hydrogen-bond acceptors (Lipinski definition) is 4. The number of aryl methyl sites for hydroxylation is 1. The monoisotopic (exact) mass is 345 g/mol. The summed E-state index contributed by atoms with van der Waals surface area (Å²) in [6, 6.07) is 6.86. The van der Waals surface area contributed by atoms with Crippen LogP contribution in [-0.2, 0) is 19.9 Å². The number of rotatable bonds is 5. The van der Waals surface area contributed by atoms with Gasteiger partial charge in [-0.3, -0.25) is 14.5 Å². The van der Waals surface area contributed by atoms with Crippen LogP contribution in [0.3, 0.4) is 0 Å². The van der Waals surface area contributed by atoms with Gasteiger partial charge in [-0.2, -0.15) is 0 Å². The molecule has 2 saturated heterocycles. The predicted octanol–water partition coefficient (Wildman–Crippen LogP) is 0.915. The molecule has 2 N–H and O–H groups in total. The lowest BCUT2D eigenvalue weighted by Crippen LogP contribution is -2.44. The largest absolute Gasteiger partial charge is 0.381 e. The number of nitrogens with one attached hydrogen (secondary N) is 2. The van der Waals surface area contributed by atoms with Crippen molar-refractivity contribution in [2.45, 2.75) is 25.8 Å². The number of carbonyl (C=O) groups is 3. The minimum absolute atomic E-state index is 0.278. The number of nitrogens with zero attached hydrogens (tertiary/aromatic N) is 1. The highest BCUT2D eigenvalue weighted by Gasteiger charge is 2.49. The van der Waals surface area contributed by atoms with E-state index in [1.807, 2.05) is 31.2 Å². The van der Waals surface area contributed by atoms with Crippen molar-refractivity contribution < 1.29 is 19.1 Å². The number of ether oxygens (including phenoxy) is 1. The van der Waals surface area contributed by atoms with E-state index in [1.165, 1.54) is 0 Å². The Balaban J connectivity index is 1.64. The van der Waals surface area contributed by atoms with Gasteiger partial charge in [-0.05, 0) is 25.8 Å². The zero-order chi connectivity index (χ0) is 18.0. The van der Waals surface area contributed by atoms with Gasteiger partial charge in [-0.1, -0.05) is 29.8 Å². The lowest BCUT2D eigenvalue weighted by atomic mass is 9.91. The molecule has 2 heterocycles. The van der Waals surface area contributed by atoms with E-state index < -0.39 is 17.5 Å². The molecular formula is C18H23N3O4. The van der Waals surface area contributed by atoms with Gasteiger partial charge in [-0.15, -0.1) is 0 Å². The Kier molecular flexibility index (Phi) is 4.76. The van der Waals surface area contributed by atoms with Gasteiger partial charge in [0.1, 0.15) is 12.1 Å². The summed E-state index contributed by atoms with van der Waals surface area (Å²) >= 11 is 0. The summed E-state index contributed by atoms with van der Waals surface area (Å²) in [6.45, 7) is 5.17. The predicted molar refractivity (Wildman–Crippen MR) is 90.7 cm³/mol. The molecule has 7 heteroatoms. The number of urea groups is 1. The molecule has 4 amide bonds. The minimum Gasteiger partial charge on any atom is -0.381 e. The number of imide groups is 1. The molecule has 2 atom stereocenters. The normalized spacial score (nSPS) is 26.0. The Labute approximate surface area is 146 Å². The molecule has 2 aliphatic rings. The Hall–Kier alpha value is -2.41. The van der Waals surface area contributed by atoms with Crippen LogP contribution in [0, 0.1) is 12.8 Å². The van der Waals surface area contributed by atoms with Gasteiger partial charge in [-0.25, -0.2) is 4.79 Å². The first-order chi connectivity index (χ1) is 11.9. The van der Waals surface area contributed by atoms with Crippen LogP contribution in [-0.4, -0.2) is 49.0 Å². The summed E-state index contributed by atoms with van der Waals surface area (Å²) in [4.78, 5) is 38.1. The van der Waals surface area contributed by atoms with Crippen molar-refractivity contribution in [2.24, 2.45) is 5.92 Å². The van der Waals surface area contributed by atoms with E-state index in [4.69, 9.17) is 4.74 Å². The summed E-state index contributed by atoms with van der Waals surface area (Å²) < 4.78 is 5.26. The Morgan fingerprint density at radius 1 is 1.36 bits per heavy atom. The smallest absolute Gasteiger partial charge is 0.325 e. The van der Waals surface area contributed by atoms with E-state index in [2.05, 4.69) is 10.6 Å². The molecule has 0 unspecified atom stereocenters. The first-order valence-electron chi connectivity index (χ1n) is 8.46. The van der Waals surface area contributed by atoms with Crippen LogP contribution in [0.25, 0.3) is 0 Å². The van der Waals surface area contributed by atoms with Gasteiger partial charge in [0.25, 0.3) is 5.91 Å². The van der Waals surface area contributed by atoms with E-state index in [0.717, 1.165) is 16.9 Å². The molecular weight excluding hydrogens is 322 g/mol. The molecule has 2 aliphatic heterocycles. The summed E-state index contributed by atoms with van der Waals surface area (Å²) in [5.74, 6) is -0.464. The van der Waals surface area contributed by atoms with Gasteiger partial charge in [0.05, 0.1) is 6.61 Å². The summed E-state index contributed by atoms with van der Waals surface area (Å²) in [7, 11) is 0. The van der Waals surface area contributed by atoms with E-state index in [1.54, 1.807) is 6.92 Å². The molecule has 0 bridgehead atoms. The van der Waals surface area contributed by atoms with E-state index >= 15 is 0 Å². The maximum absolute atomic E-state index is 12.8. The van der Waals surface area contributed by atoms with Gasteiger partial charge >= 0.3 is 6.03 Å². The van der Waals surface area contributed by atoms with Crippen molar-refractivity contribution in [1.82, 2.24) is 15.5 Å². The fraction of sp³-hybridized carbons (Fsp3) is 0.500. The zero-order valence-electron chi connectivity index (χ0n) is 14.5. The number of carbonyl (C=O) groups excluding carboxylic acids is 3. The minimum atomic E-state index is -1.15. The van der Waals surface area contributed by atoms with Crippen LogP contribution in [0.2, 0.25) is 0 Å². The van der Waals surface area contributed by atoms with E-state index in [-0.39, 0.29) is 12.5 Å². The summed E-state index contributed by atoms with van der Waals surface area (Å²) in [5, 5.41) is 5.48. The molecule has 25 heavy (non-hydrogen) atoms. The van der Waals surface area contributed by atoms with Gasteiger partial charge in [0.2, 0.25) is 5.91 Å². The first-order valence-corrected chi connectivity index (χ1v) is 8.46. The third-order valence-corrected chi connectivity index (χ3v) is 4.82. The number of amides is 4.